The number of pyridine rings is 1. The summed E-state index contributed by atoms with van der Waals surface area (Å²) in [7, 11) is 0. The average Bonchev–Trinajstić information content (AvgIpc) is 3.13. The van der Waals surface area contributed by atoms with Gasteiger partial charge in [-0.15, -0.1) is 0 Å². The van der Waals surface area contributed by atoms with E-state index in [1.54, 1.807) is 38.2 Å². The van der Waals surface area contributed by atoms with Crippen molar-refractivity contribution < 1.29 is 27.9 Å². The minimum Gasteiger partial charge on any atom is -0.458 e. The number of carbonyl (C=O) groups is 3. The Kier molecular flexibility index (Phi) is 8.08. The quantitative estimate of drug-likeness (QED) is 0.582. The SMILES string of the molecule is CC(C)[C@H](NC(=O)C[C@@H]1CCC(=O)N1Cc1cccc(F)c1F)C(=O)OCc1ccccn1. The van der Waals surface area contributed by atoms with Gasteiger partial charge in [0.05, 0.1) is 5.69 Å². The number of carbonyl (C=O) groups excluding carboxylic acids is 3. The van der Waals surface area contributed by atoms with Crippen LogP contribution in [0.15, 0.2) is 42.6 Å². The van der Waals surface area contributed by atoms with Crippen LogP contribution in [0.4, 0.5) is 8.78 Å². The molecule has 1 aromatic heterocycles. The van der Waals surface area contributed by atoms with E-state index in [0.29, 0.717) is 12.1 Å². The molecular weight excluding hydrogens is 432 g/mol. The Balaban J connectivity index is 1.60. The number of hydrogen-bond acceptors (Lipinski definition) is 5. The number of hydrogen-bond donors (Lipinski definition) is 1. The number of amides is 2. The lowest BCUT2D eigenvalue weighted by molar-refractivity contribution is -0.150. The highest BCUT2D eigenvalue weighted by molar-refractivity contribution is 5.86. The van der Waals surface area contributed by atoms with Crippen molar-refractivity contribution >= 4 is 17.8 Å². The molecule has 0 saturated carbocycles. The first kappa shape index (κ1) is 24.3. The fraction of sp³-hybridized carbons (Fsp3) is 0.417. The van der Waals surface area contributed by atoms with Crippen LogP contribution in [0.2, 0.25) is 0 Å². The zero-order chi connectivity index (χ0) is 24.0. The third-order valence-electron chi connectivity index (χ3n) is 5.57. The van der Waals surface area contributed by atoms with E-state index < -0.39 is 35.6 Å². The fourth-order valence-electron chi connectivity index (χ4n) is 3.74. The maximum absolute atomic E-state index is 14.1. The van der Waals surface area contributed by atoms with E-state index in [-0.39, 0.29) is 43.4 Å². The van der Waals surface area contributed by atoms with Crippen LogP contribution in [-0.4, -0.2) is 39.8 Å². The maximum atomic E-state index is 14.1. The van der Waals surface area contributed by atoms with E-state index in [4.69, 9.17) is 4.74 Å². The monoisotopic (exact) mass is 459 g/mol. The summed E-state index contributed by atoms with van der Waals surface area (Å²) >= 11 is 0. The molecule has 0 unspecified atom stereocenters. The van der Waals surface area contributed by atoms with Crippen molar-refractivity contribution in [3.8, 4) is 0 Å². The van der Waals surface area contributed by atoms with Crippen LogP contribution in [0.1, 0.15) is 44.4 Å². The van der Waals surface area contributed by atoms with Gasteiger partial charge in [0.1, 0.15) is 12.6 Å². The smallest absolute Gasteiger partial charge is 0.329 e. The van der Waals surface area contributed by atoms with E-state index in [2.05, 4.69) is 10.3 Å². The summed E-state index contributed by atoms with van der Waals surface area (Å²) in [6.45, 7) is 3.43. The van der Waals surface area contributed by atoms with Gasteiger partial charge in [-0.3, -0.25) is 14.6 Å². The van der Waals surface area contributed by atoms with Gasteiger partial charge in [-0.1, -0.05) is 32.0 Å². The van der Waals surface area contributed by atoms with Gasteiger partial charge < -0.3 is 15.0 Å². The summed E-state index contributed by atoms with van der Waals surface area (Å²) in [5.41, 5.74) is 0.637. The molecule has 1 aliphatic rings. The van der Waals surface area contributed by atoms with Crippen molar-refractivity contribution in [2.45, 2.75) is 58.3 Å². The molecule has 0 radical (unpaired) electrons. The molecule has 2 atom stereocenters. The van der Waals surface area contributed by atoms with Crippen LogP contribution in [0, 0.1) is 17.6 Å². The van der Waals surface area contributed by atoms with Crippen molar-refractivity contribution in [3.63, 3.8) is 0 Å². The zero-order valence-corrected chi connectivity index (χ0v) is 18.6. The van der Waals surface area contributed by atoms with Crippen molar-refractivity contribution in [2.24, 2.45) is 5.92 Å². The molecule has 9 heteroatoms. The molecule has 1 aromatic carbocycles. The highest BCUT2D eigenvalue weighted by Crippen LogP contribution is 2.25. The number of rotatable bonds is 9. The van der Waals surface area contributed by atoms with Crippen molar-refractivity contribution in [2.75, 3.05) is 0 Å². The molecule has 33 heavy (non-hydrogen) atoms. The highest BCUT2D eigenvalue weighted by atomic mass is 19.2. The second-order valence-corrected chi connectivity index (χ2v) is 8.35. The minimum absolute atomic E-state index is 0.0110. The van der Waals surface area contributed by atoms with Crippen LogP contribution in [0.5, 0.6) is 0 Å². The van der Waals surface area contributed by atoms with Crippen molar-refractivity contribution in [1.82, 2.24) is 15.2 Å². The molecule has 7 nitrogen and oxygen atoms in total. The van der Waals surface area contributed by atoms with Crippen molar-refractivity contribution in [1.29, 1.82) is 0 Å². The molecule has 1 fully saturated rings. The summed E-state index contributed by atoms with van der Waals surface area (Å²) in [4.78, 5) is 43.1. The fourth-order valence-corrected chi connectivity index (χ4v) is 3.74. The molecule has 2 heterocycles. The average molecular weight is 459 g/mol. The summed E-state index contributed by atoms with van der Waals surface area (Å²) in [6.07, 6.45) is 2.17. The first-order valence-electron chi connectivity index (χ1n) is 10.8. The topological polar surface area (TPSA) is 88.6 Å². The largest absolute Gasteiger partial charge is 0.458 e. The molecule has 1 aliphatic heterocycles. The summed E-state index contributed by atoms with van der Waals surface area (Å²) < 4.78 is 32.9. The third-order valence-corrected chi connectivity index (χ3v) is 5.57. The minimum atomic E-state index is -1.00. The van der Waals surface area contributed by atoms with Gasteiger partial charge >= 0.3 is 5.97 Å². The summed E-state index contributed by atoms with van der Waals surface area (Å²) in [6, 6.07) is 7.71. The Morgan fingerprint density at radius 3 is 2.70 bits per heavy atom. The number of nitrogens with zero attached hydrogens (tertiary/aromatic N) is 2. The number of likely N-dealkylation sites (tertiary alicyclic amines) is 1. The molecule has 2 aromatic rings. The van der Waals surface area contributed by atoms with Gasteiger partial charge in [-0.25, -0.2) is 13.6 Å². The number of halogens is 2. The van der Waals surface area contributed by atoms with Crippen LogP contribution in [0.3, 0.4) is 0 Å². The van der Waals surface area contributed by atoms with Gasteiger partial charge in [0.25, 0.3) is 0 Å². The lowest BCUT2D eigenvalue weighted by Crippen LogP contribution is -2.47. The maximum Gasteiger partial charge on any atom is 0.329 e. The molecule has 0 bridgehead atoms. The Morgan fingerprint density at radius 2 is 2.00 bits per heavy atom. The number of ether oxygens (including phenoxy) is 1. The number of esters is 1. The molecule has 3 rings (SSSR count). The van der Waals surface area contributed by atoms with E-state index in [9.17, 15) is 23.2 Å². The second kappa shape index (κ2) is 11.0. The van der Waals surface area contributed by atoms with Crippen LogP contribution >= 0.6 is 0 Å². The number of aromatic nitrogens is 1. The van der Waals surface area contributed by atoms with Crippen LogP contribution in [0.25, 0.3) is 0 Å². The second-order valence-electron chi connectivity index (χ2n) is 8.35. The number of nitrogens with one attached hydrogen (secondary N) is 1. The summed E-state index contributed by atoms with van der Waals surface area (Å²) in [5, 5.41) is 2.69. The molecule has 0 aliphatic carbocycles. The first-order valence-corrected chi connectivity index (χ1v) is 10.8. The van der Waals surface area contributed by atoms with E-state index >= 15 is 0 Å². The van der Waals surface area contributed by atoms with Gasteiger partial charge in [0.15, 0.2) is 11.6 Å². The first-order chi connectivity index (χ1) is 15.8. The molecule has 0 spiro atoms. The normalized spacial score (nSPS) is 16.7. The lowest BCUT2D eigenvalue weighted by atomic mass is 10.0. The van der Waals surface area contributed by atoms with Crippen LogP contribution < -0.4 is 5.32 Å². The van der Waals surface area contributed by atoms with Gasteiger partial charge in [0, 0.05) is 37.2 Å². The molecule has 1 N–H and O–H groups in total. The Morgan fingerprint density at radius 1 is 1.21 bits per heavy atom. The Labute approximate surface area is 191 Å². The summed E-state index contributed by atoms with van der Waals surface area (Å²) in [5.74, 6) is -3.45. The number of benzene rings is 1. The van der Waals surface area contributed by atoms with E-state index in [1.807, 2.05) is 0 Å². The van der Waals surface area contributed by atoms with Crippen LogP contribution in [-0.2, 0) is 32.3 Å². The third kappa shape index (κ3) is 6.34. The molecule has 176 valence electrons. The van der Waals surface area contributed by atoms with E-state index in [1.165, 1.54) is 17.0 Å². The lowest BCUT2D eigenvalue weighted by Gasteiger charge is -2.26. The molecule has 2 amide bonds. The van der Waals surface area contributed by atoms with E-state index in [0.717, 1.165) is 6.07 Å². The van der Waals surface area contributed by atoms with Gasteiger partial charge in [-0.05, 0) is 30.5 Å². The predicted octanol–water partition coefficient (Wildman–Crippen LogP) is 3.13. The van der Waals surface area contributed by atoms with Gasteiger partial charge in [-0.2, -0.15) is 0 Å². The molecular formula is C24H27F2N3O4. The molecule has 1 saturated heterocycles. The highest BCUT2D eigenvalue weighted by Gasteiger charge is 2.34. The Bertz CT molecular complexity index is 1000. The standard InChI is InChI=1S/C24H27F2N3O4/c1-15(2)23(24(32)33-14-17-7-3-4-11-27-17)28-20(30)12-18-9-10-21(31)29(18)13-16-6-5-8-19(25)22(16)26/h3-8,11,15,18,23H,9-10,12-14H2,1-2H3,(H,28,30)/t18-,23-/m0/s1. The zero-order valence-electron chi connectivity index (χ0n) is 18.6. The van der Waals surface area contributed by atoms with Crippen molar-refractivity contribution in [3.05, 3.63) is 65.5 Å². The Hall–Kier alpha value is -3.36. The predicted molar refractivity (Wildman–Crippen MR) is 115 cm³/mol. The van der Waals surface area contributed by atoms with Gasteiger partial charge in [0.2, 0.25) is 11.8 Å².